The van der Waals surface area contributed by atoms with Crippen molar-refractivity contribution in [2.45, 2.75) is 61.8 Å². The number of ether oxygens (including phenoxy) is 2. The maximum atomic E-state index is 11.9. The van der Waals surface area contributed by atoms with Crippen LogP contribution >= 0.6 is 34.8 Å². The van der Waals surface area contributed by atoms with Crippen molar-refractivity contribution in [2.24, 2.45) is 0 Å². The minimum atomic E-state index is -1.88. The molecule has 0 saturated carbocycles. The number of hydrogen-bond donors (Lipinski definition) is 2. The number of nitrogens with one attached hydrogen (secondary N) is 1. The van der Waals surface area contributed by atoms with Crippen LogP contribution in [0.25, 0.3) is 0 Å². The van der Waals surface area contributed by atoms with Gasteiger partial charge in [-0.15, -0.1) is 6.58 Å². The highest BCUT2D eigenvalue weighted by Crippen LogP contribution is 2.40. The number of carbonyl (C=O) groups excluding carboxylic acids is 1. The van der Waals surface area contributed by atoms with Crippen molar-refractivity contribution in [3.63, 3.8) is 0 Å². The van der Waals surface area contributed by atoms with E-state index in [0.717, 1.165) is 0 Å². The van der Waals surface area contributed by atoms with Gasteiger partial charge in [0.2, 0.25) is 3.79 Å². The van der Waals surface area contributed by atoms with Crippen molar-refractivity contribution in [3.8, 4) is 0 Å². The molecule has 134 valence electrons. The smallest absolute Gasteiger partial charge is 0.408 e. The van der Waals surface area contributed by atoms with Crippen LogP contribution < -0.4 is 5.32 Å². The molecule has 0 aromatic heterocycles. The van der Waals surface area contributed by atoms with E-state index in [1.165, 1.54) is 26.8 Å². The molecule has 1 amide bonds. The summed E-state index contributed by atoms with van der Waals surface area (Å²) in [5.74, 6) is -1.29. The molecule has 0 aliphatic rings. The largest absolute Gasteiger partial charge is 0.480 e. The van der Waals surface area contributed by atoms with E-state index < -0.39 is 39.2 Å². The number of carboxylic acids is 1. The summed E-state index contributed by atoms with van der Waals surface area (Å²) < 4.78 is 8.69. The van der Waals surface area contributed by atoms with Gasteiger partial charge in [-0.3, -0.25) is 0 Å². The number of halogens is 3. The molecule has 0 aliphatic heterocycles. The number of hydrogen-bond acceptors (Lipinski definition) is 4. The lowest BCUT2D eigenvalue weighted by molar-refractivity contribution is -0.146. The summed E-state index contributed by atoms with van der Waals surface area (Å²) in [6.45, 7) is 11.3. The molecule has 0 aromatic carbocycles. The first kappa shape index (κ1) is 22.3. The van der Waals surface area contributed by atoms with Gasteiger partial charge in [-0.25, -0.2) is 9.59 Å². The number of rotatable bonds is 7. The van der Waals surface area contributed by atoms with Crippen LogP contribution in [-0.4, -0.2) is 44.3 Å². The van der Waals surface area contributed by atoms with Crippen molar-refractivity contribution >= 4 is 46.9 Å². The number of alkyl carbamates (subject to hydrolysis) is 1. The second-order valence-corrected chi connectivity index (χ2v) is 8.27. The number of carbonyl (C=O) groups is 2. The normalized spacial score (nSPS) is 15.5. The second kappa shape index (κ2) is 7.92. The first-order chi connectivity index (χ1) is 10.1. The van der Waals surface area contributed by atoms with Gasteiger partial charge in [0.15, 0.2) is 11.6 Å². The Bertz CT molecular complexity index is 460. The molecular weight excluding hydrogens is 369 g/mol. The minimum absolute atomic E-state index is 0.768. The molecule has 0 fully saturated rings. The van der Waals surface area contributed by atoms with Crippen molar-refractivity contribution < 1.29 is 24.2 Å². The van der Waals surface area contributed by atoms with Gasteiger partial charge in [0.25, 0.3) is 0 Å². The summed E-state index contributed by atoms with van der Waals surface area (Å²) in [5, 5.41) is 11.5. The maximum Gasteiger partial charge on any atom is 0.408 e. The second-order valence-electron chi connectivity index (χ2n) is 5.99. The number of aliphatic carboxylic acids is 1. The first-order valence-electron chi connectivity index (χ1n) is 6.73. The average molecular weight is 391 g/mol. The van der Waals surface area contributed by atoms with E-state index in [2.05, 4.69) is 11.9 Å². The van der Waals surface area contributed by atoms with Crippen LogP contribution in [0.3, 0.4) is 0 Å². The first-order valence-corrected chi connectivity index (χ1v) is 7.87. The van der Waals surface area contributed by atoms with E-state index in [0.29, 0.717) is 0 Å². The third kappa shape index (κ3) is 7.16. The van der Waals surface area contributed by atoms with Crippen molar-refractivity contribution in [1.29, 1.82) is 0 Å². The Kier molecular flexibility index (Phi) is 7.68. The summed E-state index contributed by atoms with van der Waals surface area (Å²) in [6, 6.07) is -1.35. The zero-order valence-corrected chi connectivity index (χ0v) is 15.9. The van der Waals surface area contributed by atoms with E-state index in [1.807, 2.05) is 0 Å². The minimum Gasteiger partial charge on any atom is -0.480 e. The molecule has 0 aliphatic carbocycles. The molecule has 0 rings (SSSR count). The van der Waals surface area contributed by atoms with Gasteiger partial charge < -0.3 is 19.9 Å². The van der Waals surface area contributed by atoms with Gasteiger partial charge in [-0.1, -0.05) is 40.9 Å². The molecule has 9 heteroatoms. The monoisotopic (exact) mass is 389 g/mol. The van der Waals surface area contributed by atoms with E-state index in [-0.39, 0.29) is 0 Å². The number of alkyl halides is 3. The molecule has 6 nitrogen and oxygen atoms in total. The fraction of sp³-hybridized carbons (Fsp3) is 0.714. The third-order valence-corrected chi connectivity index (χ3v) is 4.39. The molecular formula is C14H22Cl3NO5. The van der Waals surface area contributed by atoms with Gasteiger partial charge >= 0.3 is 12.1 Å². The van der Waals surface area contributed by atoms with Gasteiger partial charge in [0.1, 0.15) is 0 Å². The quantitative estimate of drug-likeness (QED) is 0.511. The van der Waals surface area contributed by atoms with Crippen LogP contribution in [0.1, 0.15) is 34.6 Å². The Balaban J connectivity index is 5.00. The Morgan fingerprint density at radius 3 is 2.04 bits per heavy atom. The standard InChI is InChI=1S/C14H22Cl3NO5/c1-7-12(3,4)22-8(2)9(10(19)20)18-11(21)23-13(5,6)14(15,16)17/h7-9H,1H2,2-6H3,(H,18,21)(H,19,20)/t8-,9+/m1/s1. The lowest BCUT2D eigenvalue weighted by Crippen LogP contribution is -2.53. The van der Waals surface area contributed by atoms with Crippen molar-refractivity contribution in [2.75, 3.05) is 0 Å². The van der Waals surface area contributed by atoms with E-state index >= 15 is 0 Å². The Labute approximate surface area is 151 Å². The molecule has 23 heavy (non-hydrogen) atoms. The topological polar surface area (TPSA) is 84.9 Å². The fourth-order valence-electron chi connectivity index (χ4n) is 1.42. The zero-order chi connectivity index (χ0) is 18.6. The predicted molar refractivity (Wildman–Crippen MR) is 90.2 cm³/mol. The summed E-state index contributed by atoms with van der Waals surface area (Å²) in [6.07, 6.45) is -0.378. The Hall–Kier alpha value is -0.690. The molecule has 2 N–H and O–H groups in total. The summed E-state index contributed by atoms with van der Waals surface area (Å²) in [5.41, 5.74) is -2.23. The molecule has 0 saturated heterocycles. The van der Waals surface area contributed by atoms with E-state index in [9.17, 15) is 14.7 Å². The van der Waals surface area contributed by atoms with Gasteiger partial charge in [-0.2, -0.15) is 0 Å². The third-order valence-electron chi connectivity index (χ3n) is 3.02. The summed E-state index contributed by atoms with van der Waals surface area (Å²) in [4.78, 5) is 23.3. The lowest BCUT2D eigenvalue weighted by Gasteiger charge is -2.33. The Morgan fingerprint density at radius 1 is 1.22 bits per heavy atom. The molecule has 0 heterocycles. The predicted octanol–water partition coefficient (Wildman–Crippen LogP) is 3.68. The lowest BCUT2D eigenvalue weighted by atomic mass is 10.1. The molecule has 0 radical (unpaired) electrons. The molecule has 0 aromatic rings. The van der Waals surface area contributed by atoms with Crippen LogP contribution in [-0.2, 0) is 14.3 Å². The summed E-state index contributed by atoms with van der Waals surface area (Å²) >= 11 is 17.1. The van der Waals surface area contributed by atoms with Crippen LogP contribution in [0.4, 0.5) is 4.79 Å². The molecule has 0 bridgehead atoms. The maximum absolute atomic E-state index is 11.9. The van der Waals surface area contributed by atoms with Gasteiger partial charge in [0, 0.05) is 0 Å². The molecule has 2 atom stereocenters. The van der Waals surface area contributed by atoms with Crippen LogP contribution in [0.15, 0.2) is 12.7 Å². The molecule has 0 spiro atoms. The highest BCUT2D eigenvalue weighted by atomic mass is 35.6. The summed E-state index contributed by atoms with van der Waals surface area (Å²) in [7, 11) is 0. The van der Waals surface area contributed by atoms with Gasteiger partial charge in [0.05, 0.1) is 11.7 Å². The molecule has 0 unspecified atom stereocenters. The zero-order valence-electron chi connectivity index (χ0n) is 13.7. The Morgan fingerprint density at radius 2 is 1.70 bits per heavy atom. The van der Waals surface area contributed by atoms with Crippen LogP contribution in [0.5, 0.6) is 0 Å². The van der Waals surface area contributed by atoms with Crippen LogP contribution in [0.2, 0.25) is 0 Å². The van der Waals surface area contributed by atoms with Crippen molar-refractivity contribution in [1.82, 2.24) is 5.32 Å². The number of amides is 1. The highest BCUT2D eigenvalue weighted by Gasteiger charge is 2.45. The van der Waals surface area contributed by atoms with Gasteiger partial charge in [-0.05, 0) is 34.6 Å². The van der Waals surface area contributed by atoms with E-state index in [1.54, 1.807) is 13.8 Å². The van der Waals surface area contributed by atoms with Crippen molar-refractivity contribution in [3.05, 3.63) is 12.7 Å². The SMILES string of the molecule is C=CC(C)(C)O[C@H](C)[C@H](NC(=O)OC(C)(C)C(Cl)(Cl)Cl)C(=O)O. The average Bonchev–Trinajstić information content (AvgIpc) is 2.32. The number of carboxylic acid groups (broad SMARTS) is 1. The van der Waals surface area contributed by atoms with Crippen LogP contribution in [0, 0.1) is 0 Å². The fourth-order valence-corrected chi connectivity index (χ4v) is 1.54. The highest BCUT2D eigenvalue weighted by molar-refractivity contribution is 6.68. The van der Waals surface area contributed by atoms with E-state index in [4.69, 9.17) is 44.3 Å².